The van der Waals surface area contributed by atoms with Gasteiger partial charge in [0.15, 0.2) is 0 Å². The summed E-state index contributed by atoms with van der Waals surface area (Å²) in [6.07, 6.45) is -0.0980. The molecule has 1 N–H and O–H groups in total. The van der Waals surface area contributed by atoms with E-state index in [1.54, 1.807) is 0 Å². The highest BCUT2D eigenvalue weighted by Gasteiger charge is 2.22. The van der Waals surface area contributed by atoms with Crippen LogP contribution in [0.3, 0.4) is 0 Å². The Hall–Kier alpha value is -1.39. The van der Waals surface area contributed by atoms with Gasteiger partial charge in [-0.15, -0.1) is 0 Å². The van der Waals surface area contributed by atoms with E-state index in [0.29, 0.717) is 19.1 Å². The molecule has 1 aliphatic rings. The van der Waals surface area contributed by atoms with Crippen LogP contribution in [0.5, 0.6) is 0 Å². The number of hydrogen-bond donors (Lipinski definition) is 1. The summed E-state index contributed by atoms with van der Waals surface area (Å²) in [4.78, 5) is 13.0. The van der Waals surface area contributed by atoms with Gasteiger partial charge < -0.3 is 9.84 Å². The van der Waals surface area contributed by atoms with Crippen molar-refractivity contribution in [2.24, 2.45) is 0 Å². The first-order chi connectivity index (χ1) is 9.54. The second-order valence-electron chi connectivity index (χ2n) is 5.72. The molecule has 20 heavy (non-hydrogen) atoms. The second-order valence-corrected chi connectivity index (χ2v) is 5.72. The van der Waals surface area contributed by atoms with Gasteiger partial charge in [-0.25, -0.2) is 0 Å². The van der Waals surface area contributed by atoms with Crippen LogP contribution in [0.1, 0.15) is 37.3 Å². The molecule has 0 spiro atoms. The van der Waals surface area contributed by atoms with Crippen molar-refractivity contribution in [2.45, 2.75) is 38.8 Å². The van der Waals surface area contributed by atoms with E-state index < -0.39 is 5.97 Å². The number of aliphatic carboxylic acids is 1. The Bertz CT molecular complexity index is 442. The maximum absolute atomic E-state index is 10.7. The van der Waals surface area contributed by atoms with E-state index in [1.165, 1.54) is 11.1 Å². The van der Waals surface area contributed by atoms with Crippen LogP contribution < -0.4 is 0 Å². The Balaban J connectivity index is 1.90. The molecule has 1 fully saturated rings. The molecule has 1 aromatic rings. The van der Waals surface area contributed by atoms with Crippen molar-refractivity contribution in [3.8, 4) is 0 Å². The third-order valence-electron chi connectivity index (χ3n) is 3.68. The van der Waals surface area contributed by atoms with E-state index in [9.17, 15) is 4.79 Å². The molecule has 2 rings (SSSR count). The second kappa shape index (κ2) is 6.86. The van der Waals surface area contributed by atoms with Gasteiger partial charge >= 0.3 is 5.97 Å². The molecule has 1 saturated heterocycles. The van der Waals surface area contributed by atoms with Crippen LogP contribution in [0, 0.1) is 0 Å². The van der Waals surface area contributed by atoms with Gasteiger partial charge in [-0.3, -0.25) is 9.69 Å². The van der Waals surface area contributed by atoms with Crippen molar-refractivity contribution >= 4 is 5.97 Å². The zero-order valence-electron chi connectivity index (χ0n) is 12.2. The smallest absolute Gasteiger partial charge is 0.306 e. The number of carbonyl (C=O) groups is 1. The van der Waals surface area contributed by atoms with Gasteiger partial charge in [0.25, 0.3) is 0 Å². The lowest BCUT2D eigenvalue weighted by atomic mass is 10.0. The standard InChI is InChI=1S/C16H23NO3/c1-12(2)14-5-3-13(4-6-14)10-17-7-8-20-15(11-17)9-16(18)19/h3-6,12,15H,7-11H2,1-2H3,(H,18,19). The van der Waals surface area contributed by atoms with Crippen LogP contribution in [0.25, 0.3) is 0 Å². The van der Waals surface area contributed by atoms with Gasteiger partial charge in [-0.1, -0.05) is 38.1 Å². The molecule has 0 aliphatic carbocycles. The highest BCUT2D eigenvalue weighted by atomic mass is 16.5. The Morgan fingerprint density at radius 3 is 2.70 bits per heavy atom. The molecule has 1 unspecified atom stereocenters. The minimum atomic E-state index is -0.793. The highest BCUT2D eigenvalue weighted by molar-refractivity contribution is 5.67. The monoisotopic (exact) mass is 277 g/mol. The molecule has 1 heterocycles. The van der Waals surface area contributed by atoms with Crippen molar-refractivity contribution in [1.29, 1.82) is 0 Å². The zero-order valence-corrected chi connectivity index (χ0v) is 12.2. The van der Waals surface area contributed by atoms with Gasteiger partial charge in [0.2, 0.25) is 0 Å². The van der Waals surface area contributed by atoms with Gasteiger partial charge in [-0.2, -0.15) is 0 Å². The molecule has 0 saturated carbocycles. The third kappa shape index (κ3) is 4.32. The average Bonchev–Trinajstić information content (AvgIpc) is 2.39. The lowest BCUT2D eigenvalue weighted by Gasteiger charge is -2.32. The normalized spacial score (nSPS) is 20.2. The molecule has 0 amide bonds. The summed E-state index contributed by atoms with van der Waals surface area (Å²) < 4.78 is 5.48. The van der Waals surface area contributed by atoms with Crippen molar-refractivity contribution in [3.05, 3.63) is 35.4 Å². The van der Waals surface area contributed by atoms with E-state index in [4.69, 9.17) is 9.84 Å². The first-order valence-corrected chi connectivity index (χ1v) is 7.19. The molecule has 0 radical (unpaired) electrons. The molecule has 4 heteroatoms. The van der Waals surface area contributed by atoms with Crippen LogP contribution in [0.2, 0.25) is 0 Å². The van der Waals surface area contributed by atoms with E-state index in [1.807, 2.05) is 0 Å². The largest absolute Gasteiger partial charge is 0.481 e. The maximum Gasteiger partial charge on any atom is 0.306 e. The number of nitrogens with zero attached hydrogens (tertiary/aromatic N) is 1. The number of rotatable bonds is 5. The molecule has 110 valence electrons. The summed E-state index contributed by atoms with van der Waals surface area (Å²) in [5.74, 6) is -0.245. The van der Waals surface area contributed by atoms with Gasteiger partial charge in [0, 0.05) is 19.6 Å². The van der Waals surface area contributed by atoms with Crippen LogP contribution in [-0.4, -0.2) is 41.8 Å². The molecule has 1 aliphatic heterocycles. The SMILES string of the molecule is CC(C)c1ccc(CN2CCOC(CC(=O)O)C2)cc1. The fraction of sp³-hybridized carbons (Fsp3) is 0.562. The van der Waals surface area contributed by atoms with E-state index in [0.717, 1.165) is 13.1 Å². The number of carboxylic acids is 1. The number of benzene rings is 1. The first kappa shape index (κ1) is 15.0. The summed E-state index contributed by atoms with van der Waals surface area (Å²) >= 11 is 0. The Morgan fingerprint density at radius 2 is 2.10 bits per heavy atom. The van der Waals surface area contributed by atoms with Crippen LogP contribution in [-0.2, 0) is 16.1 Å². The molecule has 4 nitrogen and oxygen atoms in total. The molecular weight excluding hydrogens is 254 g/mol. The fourth-order valence-corrected chi connectivity index (χ4v) is 2.51. The van der Waals surface area contributed by atoms with Crippen LogP contribution in [0.15, 0.2) is 24.3 Å². The summed E-state index contributed by atoms with van der Waals surface area (Å²) in [6, 6.07) is 8.68. The summed E-state index contributed by atoms with van der Waals surface area (Å²) in [6.45, 7) is 7.40. The molecule has 0 aromatic heterocycles. The predicted molar refractivity (Wildman–Crippen MR) is 77.8 cm³/mol. The predicted octanol–water partition coefficient (Wildman–Crippen LogP) is 2.49. The van der Waals surface area contributed by atoms with Gasteiger partial charge in [0.05, 0.1) is 19.1 Å². The maximum atomic E-state index is 10.7. The third-order valence-corrected chi connectivity index (χ3v) is 3.68. The van der Waals surface area contributed by atoms with Crippen LogP contribution >= 0.6 is 0 Å². The molecule has 0 bridgehead atoms. The number of ether oxygens (including phenoxy) is 1. The van der Waals surface area contributed by atoms with Crippen LogP contribution in [0.4, 0.5) is 0 Å². The lowest BCUT2D eigenvalue weighted by molar-refractivity contribution is -0.142. The Labute approximate surface area is 120 Å². The number of carboxylic acid groups (broad SMARTS) is 1. The lowest BCUT2D eigenvalue weighted by Crippen LogP contribution is -2.42. The number of morpholine rings is 1. The van der Waals surface area contributed by atoms with Crippen molar-refractivity contribution in [3.63, 3.8) is 0 Å². The van der Waals surface area contributed by atoms with E-state index in [2.05, 4.69) is 43.0 Å². The van der Waals surface area contributed by atoms with E-state index >= 15 is 0 Å². The van der Waals surface area contributed by atoms with Crippen molar-refractivity contribution in [1.82, 2.24) is 4.90 Å². The molecular formula is C16H23NO3. The topological polar surface area (TPSA) is 49.8 Å². The summed E-state index contributed by atoms with van der Waals surface area (Å²) in [5, 5.41) is 8.83. The summed E-state index contributed by atoms with van der Waals surface area (Å²) in [5.41, 5.74) is 2.62. The highest BCUT2D eigenvalue weighted by Crippen LogP contribution is 2.17. The van der Waals surface area contributed by atoms with Gasteiger partial charge in [0.1, 0.15) is 0 Å². The average molecular weight is 277 g/mol. The first-order valence-electron chi connectivity index (χ1n) is 7.19. The quantitative estimate of drug-likeness (QED) is 0.898. The summed E-state index contributed by atoms with van der Waals surface area (Å²) in [7, 11) is 0. The fourth-order valence-electron chi connectivity index (χ4n) is 2.51. The Morgan fingerprint density at radius 1 is 1.40 bits per heavy atom. The van der Waals surface area contributed by atoms with Gasteiger partial charge in [-0.05, 0) is 17.0 Å². The minimum Gasteiger partial charge on any atom is -0.481 e. The minimum absolute atomic E-state index is 0.0861. The van der Waals surface area contributed by atoms with Crippen molar-refractivity contribution < 1.29 is 14.6 Å². The molecule has 1 aromatic carbocycles. The Kier molecular flexibility index (Phi) is 5.15. The number of hydrogen-bond acceptors (Lipinski definition) is 3. The van der Waals surface area contributed by atoms with E-state index in [-0.39, 0.29) is 12.5 Å². The molecule has 1 atom stereocenters. The van der Waals surface area contributed by atoms with Crippen molar-refractivity contribution in [2.75, 3.05) is 19.7 Å². The zero-order chi connectivity index (χ0) is 14.5.